The second kappa shape index (κ2) is 7.06. The van der Waals surface area contributed by atoms with Crippen molar-refractivity contribution < 1.29 is 4.79 Å². The third-order valence-electron chi connectivity index (χ3n) is 4.05. The number of amides is 2. The van der Waals surface area contributed by atoms with Gasteiger partial charge in [0.15, 0.2) is 0 Å². The number of hydrogen-bond acceptors (Lipinski definition) is 3. The summed E-state index contributed by atoms with van der Waals surface area (Å²) in [5.41, 5.74) is 1.18. The van der Waals surface area contributed by atoms with E-state index in [4.69, 9.17) is 0 Å². The Hall–Kier alpha value is -2.37. The predicted octanol–water partition coefficient (Wildman–Crippen LogP) is 1.94. The summed E-state index contributed by atoms with van der Waals surface area (Å²) in [6, 6.07) is 3.96. The van der Waals surface area contributed by atoms with Crippen molar-refractivity contribution in [3.8, 4) is 0 Å². The lowest BCUT2D eigenvalue weighted by Crippen LogP contribution is -2.45. The van der Waals surface area contributed by atoms with Gasteiger partial charge in [-0.05, 0) is 37.0 Å². The van der Waals surface area contributed by atoms with Crippen molar-refractivity contribution >= 4 is 6.03 Å². The van der Waals surface area contributed by atoms with E-state index < -0.39 is 0 Å². The molecule has 1 saturated heterocycles. The summed E-state index contributed by atoms with van der Waals surface area (Å²) in [6.45, 7) is 2.19. The number of carbonyl (C=O) groups excluding carboxylic acids is 1. The molecule has 6 heteroatoms. The van der Waals surface area contributed by atoms with E-state index in [0.717, 1.165) is 38.2 Å². The van der Waals surface area contributed by atoms with Crippen molar-refractivity contribution in [3.63, 3.8) is 0 Å². The number of imidazole rings is 1. The highest BCUT2D eigenvalue weighted by molar-refractivity contribution is 5.74. The molecule has 1 aliphatic rings. The van der Waals surface area contributed by atoms with E-state index in [0.29, 0.717) is 12.5 Å². The average Bonchev–Trinajstić information content (AvgIpc) is 3.10. The minimum Gasteiger partial charge on any atom is -0.348 e. The van der Waals surface area contributed by atoms with Crippen molar-refractivity contribution in [2.75, 3.05) is 19.6 Å². The van der Waals surface area contributed by atoms with E-state index in [1.54, 1.807) is 18.6 Å². The fourth-order valence-corrected chi connectivity index (χ4v) is 2.86. The lowest BCUT2D eigenvalue weighted by atomic mass is 9.98. The number of H-pyrrole nitrogens is 1. The third kappa shape index (κ3) is 3.63. The van der Waals surface area contributed by atoms with Crippen LogP contribution in [0.15, 0.2) is 36.9 Å². The Bertz CT molecular complexity index is 584. The molecule has 2 amide bonds. The molecule has 3 heterocycles. The van der Waals surface area contributed by atoms with Crippen LogP contribution in [-0.4, -0.2) is 45.5 Å². The average molecular weight is 299 g/mol. The Kier molecular flexibility index (Phi) is 4.68. The van der Waals surface area contributed by atoms with Crippen LogP contribution in [0.1, 0.15) is 30.1 Å². The highest BCUT2D eigenvalue weighted by atomic mass is 16.2. The molecule has 1 fully saturated rings. The van der Waals surface area contributed by atoms with Gasteiger partial charge in [0.25, 0.3) is 0 Å². The lowest BCUT2D eigenvalue weighted by Gasteiger charge is -2.31. The summed E-state index contributed by atoms with van der Waals surface area (Å²) in [4.78, 5) is 25.6. The highest BCUT2D eigenvalue weighted by Gasteiger charge is 2.25. The van der Waals surface area contributed by atoms with Gasteiger partial charge < -0.3 is 15.2 Å². The molecule has 2 aromatic rings. The molecule has 6 nitrogen and oxygen atoms in total. The minimum absolute atomic E-state index is 0.0188. The van der Waals surface area contributed by atoms with E-state index in [9.17, 15) is 4.79 Å². The number of rotatable bonds is 4. The summed E-state index contributed by atoms with van der Waals surface area (Å²) in [6.07, 6.45) is 10.1. The molecule has 1 atom stereocenters. The molecule has 1 aliphatic heterocycles. The maximum Gasteiger partial charge on any atom is 0.317 e. The Morgan fingerprint density at radius 2 is 2.23 bits per heavy atom. The molecule has 2 aromatic heterocycles. The molecule has 0 saturated carbocycles. The van der Waals surface area contributed by atoms with E-state index in [2.05, 4.69) is 20.3 Å². The van der Waals surface area contributed by atoms with Crippen LogP contribution in [0.25, 0.3) is 0 Å². The molecule has 116 valence electrons. The molecule has 3 rings (SSSR count). The van der Waals surface area contributed by atoms with Gasteiger partial charge in [0, 0.05) is 50.3 Å². The monoisotopic (exact) mass is 299 g/mol. The first-order valence-corrected chi connectivity index (χ1v) is 7.74. The largest absolute Gasteiger partial charge is 0.348 e. The smallest absolute Gasteiger partial charge is 0.317 e. The number of urea groups is 1. The maximum absolute atomic E-state index is 12.3. The first-order chi connectivity index (χ1) is 10.8. The summed E-state index contributed by atoms with van der Waals surface area (Å²) in [5, 5.41) is 3.00. The van der Waals surface area contributed by atoms with Gasteiger partial charge in [0.05, 0.1) is 0 Å². The number of aromatic amines is 1. The number of nitrogens with one attached hydrogen (secondary N) is 2. The number of nitrogens with zero attached hydrogens (tertiary/aromatic N) is 3. The zero-order valence-corrected chi connectivity index (χ0v) is 12.5. The molecule has 0 spiro atoms. The highest BCUT2D eigenvalue weighted by Crippen LogP contribution is 2.24. The van der Waals surface area contributed by atoms with Gasteiger partial charge in [0.1, 0.15) is 5.82 Å². The van der Waals surface area contributed by atoms with Crippen molar-refractivity contribution in [1.82, 2.24) is 25.2 Å². The van der Waals surface area contributed by atoms with Crippen LogP contribution in [0.4, 0.5) is 4.79 Å². The van der Waals surface area contributed by atoms with Gasteiger partial charge in [-0.1, -0.05) is 0 Å². The van der Waals surface area contributed by atoms with Gasteiger partial charge in [-0.25, -0.2) is 9.78 Å². The molecule has 22 heavy (non-hydrogen) atoms. The van der Waals surface area contributed by atoms with E-state index in [1.807, 2.05) is 23.2 Å². The van der Waals surface area contributed by atoms with E-state index in [1.165, 1.54) is 5.56 Å². The molecule has 2 N–H and O–H groups in total. The SMILES string of the molecule is O=C(NCCc1ccncc1)N1CCC[C@@H](c2ncc[nH]2)C1. The van der Waals surface area contributed by atoms with Crippen molar-refractivity contribution in [3.05, 3.63) is 48.3 Å². The van der Waals surface area contributed by atoms with Crippen LogP contribution in [-0.2, 0) is 6.42 Å². The topological polar surface area (TPSA) is 73.9 Å². The zero-order chi connectivity index (χ0) is 15.2. The van der Waals surface area contributed by atoms with Crippen molar-refractivity contribution in [1.29, 1.82) is 0 Å². The lowest BCUT2D eigenvalue weighted by molar-refractivity contribution is 0.178. The van der Waals surface area contributed by atoms with Gasteiger partial charge in [-0.2, -0.15) is 0 Å². The molecule has 0 unspecified atom stereocenters. The number of pyridine rings is 1. The molecule has 0 radical (unpaired) electrons. The van der Waals surface area contributed by atoms with Gasteiger partial charge in [-0.3, -0.25) is 4.98 Å². The van der Waals surface area contributed by atoms with Crippen LogP contribution in [0.5, 0.6) is 0 Å². The van der Waals surface area contributed by atoms with Crippen LogP contribution in [0, 0.1) is 0 Å². The number of aromatic nitrogens is 3. The normalized spacial score (nSPS) is 18.2. The molecule has 0 bridgehead atoms. The molecule has 0 aliphatic carbocycles. The fraction of sp³-hybridized carbons (Fsp3) is 0.438. The van der Waals surface area contributed by atoms with Gasteiger partial charge >= 0.3 is 6.03 Å². The Balaban J connectivity index is 1.47. The van der Waals surface area contributed by atoms with Crippen LogP contribution in [0.2, 0.25) is 0 Å². The van der Waals surface area contributed by atoms with Gasteiger partial charge in [-0.15, -0.1) is 0 Å². The fourth-order valence-electron chi connectivity index (χ4n) is 2.86. The first-order valence-electron chi connectivity index (χ1n) is 7.74. The van der Waals surface area contributed by atoms with Crippen molar-refractivity contribution in [2.24, 2.45) is 0 Å². The summed E-state index contributed by atoms with van der Waals surface area (Å²) >= 11 is 0. The maximum atomic E-state index is 12.3. The third-order valence-corrected chi connectivity index (χ3v) is 4.05. The minimum atomic E-state index is 0.0188. The number of piperidine rings is 1. The molecular formula is C16H21N5O. The molecule has 0 aromatic carbocycles. The Morgan fingerprint density at radius 1 is 1.36 bits per heavy atom. The van der Waals surface area contributed by atoms with Crippen LogP contribution < -0.4 is 5.32 Å². The summed E-state index contributed by atoms with van der Waals surface area (Å²) < 4.78 is 0. The van der Waals surface area contributed by atoms with Crippen LogP contribution in [0.3, 0.4) is 0 Å². The van der Waals surface area contributed by atoms with Crippen molar-refractivity contribution in [2.45, 2.75) is 25.2 Å². The second-order valence-corrected chi connectivity index (χ2v) is 5.60. The van der Waals surface area contributed by atoms with E-state index >= 15 is 0 Å². The standard InChI is InChI=1S/C16H21N5O/c22-16(20-8-5-13-3-6-17-7-4-13)21-11-1-2-14(12-21)15-18-9-10-19-15/h3-4,6-7,9-10,14H,1-2,5,8,11-12H2,(H,18,19)(H,20,22)/t14-/m1/s1. The zero-order valence-electron chi connectivity index (χ0n) is 12.5. The Labute approximate surface area is 130 Å². The predicted molar refractivity (Wildman–Crippen MR) is 83.5 cm³/mol. The second-order valence-electron chi connectivity index (χ2n) is 5.60. The van der Waals surface area contributed by atoms with E-state index in [-0.39, 0.29) is 6.03 Å². The number of hydrogen-bond donors (Lipinski definition) is 2. The Morgan fingerprint density at radius 3 is 3.00 bits per heavy atom. The number of likely N-dealkylation sites (tertiary alicyclic amines) is 1. The van der Waals surface area contributed by atoms with Crippen LogP contribution >= 0.6 is 0 Å². The number of carbonyl (C=O) groups is 1. The quantitative estimate of drug-likeness (QED) is 0.906. The first kappa shape index (κ1) is 14.6. The summed E-state index contributed by atoms with van der Waals surface area (Å²) in [7, 11) is 0. The summed E-state index contributed by atoms with van der Waals surface area (Å²) in [5.74, 6) is 1.30. The molecular weight excluding hydrogens is 278 g/mol. The van der Waals surface area contributed by atoms with Gasteiger partial charge in [0.2, 0.25) is 0 Å².